The maximum absolute atomic E-state index is 12.4. The van der Waals surface area contributed by atoms with Crippen LogP contribution in [0.2, 0.25) is 0 Å². The molecule has 156 valence electrons. The lowest BCUT2D eigenvalue weighted by Gasteiger charge is -2.59. The number of allylic oxidation sites excluding steroid dienone is 2. The van der Waals surface area contributed by atoms with E-state index in [1.54, 1.807) is 0 Å². The molecule has 1 saturated heterocycles. The van der Waals surface area contributed by atoms with Crippen LogP contribution in [-0.2, 0) is 4.79 Å². The van der Waals surface area contributed by atoms with Crippen LogP contribution >= 0.6 is 0 Å². The molecular formula is C26H36N2O. The van der Waals surface area contributed by atoms with Gasteiger partial charge in [-0.15, -0.1) is 0 Å². The summed E-state index contributed by atoms with van der Waals surface area (Å²) in [6.45, 7) is 9.50. The summed E-state index contributed by atoms with van der Waals surface area (Å²) in [6.07, 6.45) is 10.3. The van der Waals surface area contributed by atoms with E-state index < -0.39 is 0 Å². The molecule has 0 radical (unpaired) electrons. The van der Waals surface area contributed by atoms with E-state index in [2.05, 4.69) is 44.8 Å². The van der Waals surface area contributed by atoms with Crippen molar-refractivity contribution in [2.75, 3.05) is 7.05 Å². The largest absolute Gasteiger partial charge is 0.319 e. The van der Waals surface area contributed by atoms with Crippen molar-refractivity contribution in [2.45, 2.75) is 78.6 Å². The van der Waals surface area contributed by atoms with Gasteiger partial charge in [0, 0.05) is 36.5 Å². The number of carbonyl (C=O) groups is 1. The lowest BCUT2D eigenvalue weighted by atomic mass is 9.48. The lowest BCUT2D eigenvalue weighted by molar-refractivity contribution is -0.135. The molecule has 3 aliphatic carbocycles. The molecule has 1 aromatic heterocycles. The first-order valence-electron chi connectivity index (χ1n) is 11.6. The van der Waals surface area contributed by atoms with Crippen molar-refractivity contribution in [1.82, 2.24) is 9.88 Å². The monoisotopic (exact) mass is 392 g/mol. The van der Waals surface area contributed by atoms with Gasteiger partial charge in [-0.1, -0.05) is 19.4 Å². The second-order valence-corrected chi connectivity index (χ2v) is 11.0. The molecule has 6 atom stereocenters. The van der Waals surface area contributed by atoms with Gasteiger partial charge in [-0.05, 0) is 99.2 Å². The predicted molar refractivity (Wildman–Crippen MR) is 116 cm³/mol. The second kappa shape index (κ2) is 6.43. The maximum Gasteiger partial charge on any atom is 0.226 e. The van der Waals surface area contributed by atoms with Crippen LogP contribution in [-0.4, -0.2) is 22.8 Å². The Morgan fingerprint density at radius 1 is 1.10 bits per heavy atom. The molecule has 3 fully saturated rings. The zero-order valence-corrected chi connectivity index (χ0v) is 18.8. The van der Waals surface area contributed by atoms with E-state index in [9.17, 15) is 4.79 Å². The summed E-state index contributed by atoms with van der Waals surface area (Å²) in [5.41, 5.74) is 6.10. The molecule has 0 bridgehead atoms. The van der Waals surface area contributed by atoms with E-state index in [0.29, 0.717) is 23.7 Å². The number of fused-ring (bicyclic) bond motifs is 5. The third kappa shape index (κ3) is 2.61. The molecule has 0 N–H and O–H groups in total. The Hall–Kier alpha value is -1.64. The molecule has 5 rings (SSSR count). The highest BCUT2D eigenvalue weighted by atomic mass is 16.2. The first-order valence-corrected chi connectivity index (χ1v) is 11.6. The van der Waals surface area contributed by atoms with Crippen LogP contribution in [0, 0.1) is 35.5 Å². The van der Waals surface area contributed by atoms with Crippen molar-refractivity contribution in [2.24, 2.45) is 28.6 Å². The number of nitrogens with zero attached hydrogens (tertiary/aromatic N) is 2. The SMILES string of the molecule is CC1=C2N(C)C(=O)CC[C@]2(C)[C@@H]2CC[C@]3(C)C(c4ccnc(C)c4)CC[C@H]3[C@@H]2C1. The van der Waals surface area contributed by atoms with Crippen LogP contribution in [0.3, 0.4) is 0 Å². The third-order valence-electron chi connectivity index (χ3n) is 9.63. The average molecular weight is 393 g/mol. The predicted octanol–water partition coefficient (Wildman–Crippen LogP) is 5.85. The van der Waals surface area contributed by atoms with Crippen molar-refractivity contribution in [3.05, 3.63) is 40.9 Å². The molecule has 1 aliphatic heterocycles. The molecule has 1 amide bonds. The number of aryl methyl sites for hydroxylation is 1. The summed E-state index contributed by atoms with van der Waals surface area (Å²) in [7, 11) is 2.02. The topological polar surface area (TPSA) is 33.2 Å². The van der Waals surface area contributed by atoms with Gasteiger partial charge in [0.25, 0.3) is 0 Å². The van der Waals surface area contributed by atoms with Crippen LogP contribution in [0.1, 0.15) is 82.9 Å². The highest BCUT2D eigenvalue weighted by Crippen LogP contribution is 2.68. The van der Waals surface area contributed by atoms with Crippen LogP contribution in [0.15, 0.2) is 29.6 Å². The Kier molecular flexibility index (Phi) is 4.28. The highest BCUT2D eigenvalue weighted by Gasteiger charge is 2.60. The first-order chi connectivity index (χ1) is 13.8. The molecule has 4 aliphatic rings. The summed E-state index contributed by atoms with van der Waals surface area (Å²) in [4.78, 5) is 18.9. The lowest BCUT2D eigenvalue weighted by Crippen LogP contribution is -2.54. The van der Waals surface area contributed by atoms with E-state index in [4.69, 9.17) is 0 Å². The van der Waals surface area contributed by atoms with Gasteiger partial charge in [-0.25, -0.2) is 0 Å². The van der Waals surface area contributed by atoms with Gasteiger partial charge < -0.3 is 4.90 Å². The quantitative estimate of drug-likeness (QED) is 0.600. The van der Waals surface area contributed by atoms with Gasteiger partial charge in [0.05, 0.1) is 0 Å². The van der Waals surface area contributed by atoms with Gasteiger partial charge in [0.15, 0.2) is 0 Å². The number of pyridine rings is 1. The summed E-state index contributed by atoms with van der Waals surface area (Å²) in [5, 5.41) is 0. The molecule has 3 heteroatoms. The van der Waals surface area contributed by atoms with E-state index in [1.807, 2.05) is 18.1 Å². The van der Waals surface area contributed by atoms with Gasteiger partial charge in [0.2, 0.25) is 5.91 Å². The Labute approximate surface area is 176 Å². The van der Waals surface area contributed by atoms with Crippen molar-refractivity contribution < 1.29 is 4.79 Å². The fraction of sp³-hybridized carbons (Fsp3) is 0.692. The van der Waals surface area contributed by atoms with Gasteiger partial charge in [-0.3, -0.25) is 9.78 Å². The molecule has 0 aromatic carbocycles. The summed E-state index contributed by atoms with van der Waals surface area (Å²) < 4.78 is 0. The van der Waals surface area contributed by atoms with Gasteiger partial charge in [0.1, 0.15) is 0 Å². The number of hydrogen-bond acceptors (Lipinski definition) is 2. The number of carbonyl (C=O) groups excluding carboxylic acids is 1. The van der Waals surface area contributed by atoms with Crippen molar-refractivity contribution in [1.29, 1.82) is 0 Å². The Morgan fingerprint density at radius 3 is 2.66 bits per heavy atom. The number of piperidine rings is 1. The fourth-order valence-electron chi connectivity index (χ4n) is 8.44. The maximum atomic E-state index is 12.4. The average Bonchev–Trinajstić information content (AvgIpc) is 3.02. The summed E-state index contributed by atoms with van der Waals surface area (Å²) in [5.74, 6) is 3.29. The van der Waals surface area contributed by atoms with Gasteiger partial charge in [-0.2, -0.15) is 0 Å². The Balaban J connectivity index is 1.52. The standard InChI is InChI=1S/C26H36N2O/c1-16-14-19-21-7-6-20(18-10-13-27-17(2)15-18)25(21,3)11-8-22(19)26(4)12-9-23(29)28(5)24(16)26/h10,13,15,19-22H,6-9,11-12,14H2,1-5H3/t19-,20?,21-,22+,25+,26+/m0/s1. The van der Waals surface area contributed by atoms with Crippen LogP contribution in [0.5, 0.6) is 0 Å². The third-order valence-corrected chi connectivity index (χ3v) is 9.63. The van der Waals surface area contributed by atoms with Crippen molar-refractivity contribution >= 4 is 5.91 Å². The zero-order valence-electron chi connectivity index (χ0n) is 18.8. The molecule has 29 heavy (non-hydrogen) atoms. The highest BCUT2D eigenvalue weighted by molar-refractivity contribution is 5.79. The van der Waals surface area contributed by atoms with Crippen molar-refractivity contribution in [3.63, 3.8) is 0 Å². The minimum absolute atomic E-state index is 0.183. The van der Waals surface area contributed by atoms with Crippen LogP contribution < -0.4 is 0 Å². The molecule has 3 nitrogen and oxygen atoms in total. The smallest absolute Gasteiger partial charge is 0.226 e. The zero-order chi connectivity index (χ0) is 20.6. The second-order valence-electron chi connectivity index (χ2n) is 11.0. The van der Waals surface area contributed by atoms with E-state index in [-0.39, 0.29) is 5.41 Å². The molecular weight excluding hydrogens is 356 g/mol. The summed E-state index contributed by atoms with van der Waals surface area (Å²) in [6, 6.07) is 4.60. The number of amides is 1. The Bertz CT molecular complexity index is 888. The number of rotatable bonds is 1. The van der Waals surface area contributed by atoms with Crippen molar-refractivity contribution in [3.8, 4) is 0 Å². The minimum atomic E-state index is 0.183. The molecule has 2 saturated carbocycles. The van der Waals surface area contributed by atoms with E-state index in [0.717, 1.165) is 29.9 Å². The van der Waals surface area contributed by atoms with E-state index in [1.165, 1.54) is 48.9 Å². The molecule has 0 spiro atoms. The van der Waals surface area contributed by atoms with Crippen LogP contribution in [0.25, 0.3) is 0 Å². The van der Waals surface area contributed by atoms with E-state index >= 15 is 0 Å². The number of likely N-dealkylation sites (tertiary alicyclic amines) is 1. The normalized spacial score (nSPS) is 41.8. The fourth-order valence-corrected chi connectivity index (χ4v) is 8.44. The number of aromatic nitrogens is 1. The molecule has 2 heterocycles. The molecule has 1 unspecified atom stereocenters. The van der Waals surface area contributed by atoms with Gasteiger partial charge >= 0.3 is 0 Å². The molecule has 1 aromatic rings. The number of hydrogen-bond donors (Lipinski definition) is 0. The summed E-state index contributed by atoms with van der Waals surface area (Å²) >= 11 is 0. The first kappa shape index (κ1) is 19.3. The Morgan fingerprint density at radius 2 is 1.90 bits per heavy atom. The minimum Gasteiger partial charge on any atom is -0.319 e. The van der Waals surface area contributed by atoms with Crippen LogP contribution in [0.4, 0.5) is 0 Å².